The number of allylic oxidation sites excluding steroid dienone is 1. The Morgan fingerprint density at radius 3 is 2.61 bits per heavy atom. The second-order valence-electron chi connectivity index (χ2n) is 7.26. The number of aliphatic hydroxyl groups is 1. The van der Waals surface area contributed by atoms with E-state index in [1.165, 1.54) is 11.0 Å². The monoisotopic (exact) mass is 380 g/mol. The maximum absolute atomic E-state index is 12.7. The molecule has 146 valence electrons. The lowest BCUT2D eigenvalue weighted by Gasteiger charge is -2.32. The summed E-state index contributed by atoms with van der Waals surface area (Å²) >= 11 is 0. The fraction of sp³-hybridized carbons (Fsp3) is 0.318. The predicted octanol–water partition coefficient (Wildman–Crippen LogP) is 0.0692. The molecular formula is C22H24N2O4. The third-order valence-corrected chi connectivity index (χ3v) is 5.40. The van der Waals surface area contributed by atoms with Gasteiger partial charge in [-0.1, -0.05) is 42.1 Å². The highest BCUT2D eigenvalue weighted by molar-refractivity contribution is 6.14. The molecule has 6 heteroatoms. The number of Topliss-reactive ketones (excluding diaryl/α,β-unsaturated/α-hetero) is 1. The number of carbonyl (C=O) groups excluding carboxylic acids is 1. The van der Waals surface area contributed by atoms with Crippen molar-refractivity contribution in [3.05, 3.63) is 64.9 Å². The Morgan fingerprint density at radius 2 is 1.89 bits per heavy atom. The summed E-state index contributed by atoms with van der Waals surface area (Å²) in [7, 11) is 0. The van der Waals surface area contributed by atoms with Crippen molar-refractivity contribution in [1.29, 1.82) is 0 Å². The van der Waals surface area contributed by atoms with Crippen LogP contribution in [0.5, 0.6) is 11.5 Å². The largest absolute Gasteiger partial charge is 0.872 e. The van der Waals surface area contributed by atoms with Crippen LogP contribution in [0.25, 0.3) is 6.08 Å². The van der Waals surface area contributed by atoms with Gasteiger partial charge in [-0.05, 0) is 17.7 Å². The third kappa shape index (κ3) is 3.80. The van der Waals surface area contributed by atoms with Crippen LogP contribution in [-0.4, -0.2) is 55.1 Å². The number of piperazine rings is 1. The summed E-state index contributed by atoms with van der Waals surface area (Å²) in [4.78, 5) is 16.2. The first-order valence-corrected chi connectivity index (χ1v) is 9.64. The number of hydrogen-bond acceptors (Lipinski definition) is 5. The lowest BCUT2D eigenvalue weighted by atomic mass is 10.0. The van der Waals surface area contributed by atoms with Crippen molar-refractivity contribution in [3.8, 4) is 11.5 Å². The molecule has 0 saturated carbocycles. The predicted molar refractivity (Wildman–Crippen MR) is 103 cm³/mol. The van der Waals surface area contributed by atoms with Gasteiger partial charge in [-0.25, -0.2) is 0 Å². The van der Waals surface area contributed by atoms with Crippen molar-refractivity contribution in [1.82, 2.24) is 4.90 Å². The molecule has 0 bridgehead atoms. The SMILES string of the molecule is O=C1/C(=C/c2ccccc2)Oc2c1ccc([O-])c2C[NH+]1CCN(CCO)CC1. The number of aliphatic hydroxyl groups excluding tert-OH is 1. The Bertz CT molecular complexity index is 887. The van der Waals surface area contributed by atoms with Gasteiger partial charge in [-0.2, -0.15) is 0 Å². The molecule has 0 aliphatic carbocycles. The van der Waals surface area contributed by atoms with Gasteiger partial charge in [0.05, 0.1) is 25.3 Å². The van der Waals surface area contributed by atoms with Crippen LogP contribution in [0.3, 0.4) is 0 Å². The van der Waals surface area contributed by atoms with Crippen LogP contribution < -0.4 is 14.7 Å². The Morgan fingerprint density at radius 1 is 1.14 bits per heavy atom. The van der Waals surface area contributed by atoms with Crippen LogP contribution in [0.1, 0.15) is 21.5 Å². The molecule has 2 heterocycles. The molecule has 2 aliphatic rings. The number of ketones is 1. The van der Waals surface area contributed by atoms with E-state index in [-0.39, 0.29) is 23.9 Å². The van der Waals surface area contributed by atoms with E-state index in [2.05, 4.69) is 4.90 Å². The second-order valence-corrected chi connectivity index (χ2v) is 7.26. The number of nitrogens with one attached hydrogen (secondary N) is 1. The number of benzene rings is 2. The van der Waals surface area contributed by atoms with Crippen molar-refractivity contribution in [2.45, 2.75) is 6.54 Å². The molecule has 4 rings (SSSR count). The average molecular weight is 380 g/mol. The highest BCUT2D eigenvalue weighted by Gasteiger charge is 2.31. The lowest BCUT2D eigenvalue weighted by Crippen LogP contribution is -3.13. The first-order chi connectivity index (χ1) is 13.7. The van der Waals surface area contributed by atoms with Crippen LogP contribution in [0.15, 0.2) is 48.2 Å². The molecule has 6 nitrogen and oxygen atoms in total. The number of hydrogen-bond donors (Lipinski definition) is 2. The molecule has 0 spiro atoms. The minimum atomic E-state index is -0.178. The molecular weight excluding hydrogens is 356 g/mol. The first kappa shape index (κ1) is 18.7. The highest BCUT2D eigenvalue weighted by atomic mass is 16.5. The summed E-state index contributed by atoms with van der Waals surface area (Å²) < 4.78 is 5.89. The third-order valence-electron chi connectivity index (χ3n) is 5.40. The van der Waals surface area contributed by atoms with Gasteiger partial charge < -0.3 is 19.8 Å². The number of carbonyl (C=O) groups is 1. The van der Waals surface area contributed by atoms with Crippen molar-refractivity contribution in [2.75, 3.05) is 39.3 Å². The zero-order chi connectivity index (χ0) is 19.5. The van der Waals surface area contributed by atoms with Gasteiger partial charge in [0.25, 0.3) is 0 Å². The van der Waals surface area contributed by atoms with Gasteiger partial charge in [0.15, 0.2) is 5.76 Å². The van der Waals surface area contributed by atoms with Crippen LogP contribution in [0, 0.1) is 0 Å². The van der Waals surface area contributed by atoms with E-state index >= 15 is 0 Å². The fourth-order valence-corrected chi connectivity index (χ4v) is 3.82. The molecule has 2 aromatic carbocycles. The molecule has 2 aliphatic heterocycles. The van der Waals surface area contributed by atoms with E-state index in [1.54, 1.807) is 12.1 Å². The molecule has 0 radical (unpaired) electrons. The van der Waals surface area contributed by atoms with Gasteiger partial charge in [-0.3, -0.25) is 9.69 Å². The van der Waals surface area contributed by atoms with Gasteiger partial charge in [0.2, 0.25) is 5.78 Å². The zero-order valence-corrected chi connectivity index (χ0v) is 15.7. The maximum atomic E-state index is 12.7. The molecule has 2 aromatic rings. The number of nitrogens with zero attached hydrogens (tertiary/aromatic N) is 1. The minimum absolute atomic E-state index is 0.0854. The summed E-state index contributed by atoms with van der Waals surface area (Å²) in [5.41, 5.74) is 1.93. The lowest BCUT2D eigenvalue weighted by molar-refractivity contribution is -0.918. The molecule has 28 heavy (non-hydrogen) atoms. The quantitative estimate of drug-likeness (QED) is 0.718. The highest BCUT2D eigenvalue weighted by Crippen LogP contribution is 2.38. The van der Waals surface area contributed by atoms with Crippen LogP contribution in [0.2, 0.25) is 0 Å². The number of quaternary nitrogens is 1. The second kappa shape index (κ2) is 8.14. The Hall–Kier alpha value is -2.67. The first-order valence-electron chi connectivity index (χ1n) is 9.64. The molecule has 0 aromatic heterocycles. The van der Waals surface area contributed by atoms with E-state index < -0.39 is 0 Å². The van der Waals surface area contributed by atoms with E-state index in [9.17, 15) is 9.90 Å². The normalized spacial score (nSPS) is 19.0. The molecule has 0 amide bonds. The molecule has 1 fully saturated rings. The van der Waals surface area contributed by atoms with Crippen molar-refractivity contribution < 1.29 is 24.6 Å². The zero-order valence-electron chi connectivity index (χ0n) is 15.7. The summed E-state index contributed by atoms with van der Waals surface area (Å²) in [5, 5.41) is 21.6. The van der Waals surface area contributed by atoms with Crippen LogP contribution in [0.4, 0.5) is 0 Å². The van der Waals surface area contributed by atoms with Crippen molar-refractivity contribution in [2.24, 2.45) is 0 Å². The minimum Gasteiger partial charge on any atom is -0.872 e. The molecule has 0 unspecified atom stereocenters. The topological polar surface area (TPSA) is 77.3 Å². The number of fused-ring (bicyclic) bond motifs is 1. The van der Waals surface area contributed by atoms with E-state index in [0.717, 1.165) is 31.7 Å². The average Bonchev–Trinajstić information content (AvgIpc) is 3.02. The summed E-state index contributed by atoms with van der Waals surface area (Å²) in [6.07, 6.45) is 1.72. The Balaban J connectivity index is 1.54. The fourth-order valence-electron chi connectivity index (χ4n) is 3.82. The smallest absolute Gasteiger partial charge is 0.231 e. The maximum Gasteiger partial charge on any atom is 0.231 e. The summed E-state index contributed by atoms with van der Waals surface area (Å²) in [6.45, 7) is 4.95. The molecule has 0 atom stereocenters. The number of rotatable bonds is 5. The summed E-state index contributed by atoms with van der Waals surface area (Å²) in [6, 6.07) is 12.6. The van der Waals surface area contributed by atoms with Gasteiger partial charge in [-0.15, -0.1) is 0 Å². The Labute approximate surface area is 164 Å². The van der Waals surface area contributed by atoms with Crippen LogP contribution in [-0.2, 0) is 6.54 Å². The Kier molecular flexibility index (Phi) is 5.43. The number of β-amino-alcohol motifs (C(OH)–C–C–N with tert-alkyl or cyclic N) is 1. The summed E-state index contributed by atoms with van der Waals surface area (Å²) in [5.74, 6) is 0.418. The van der Waals surface area contributed by atoms with E-state index in [1.807, 2.05) is 30.3 Å². The van der Waals surface area contributed by atoms with Crippen molar-refractivity contribution >= 4 is 11.9 Å². The van der Waals surface area contributed by atoms with Gasteiger partial charge >= 0.3 is 0 Å². The van der Waals surface area contributed by atoms with E-state index in [4.69, 9.17) is 9.84 Å². The van der Waals surface area contributed by atoms with Gasteiger partial charge in [0, 0.05) is 25.2 Å². The number of ether oxygens (including phenoxy) is 1. The molecule has 1 saturated heterocycles. The van der Waals surface area contributed by atoms with Crippen molar-refractivity contribution in [3.63, 3.8) is 0 Å². The molecule has 2 N–H and O–H groups in total. The standard InChI is InChI=1S/C22H24N2O4/c25-13-12-23-8-10-24(11-9-23)15-18-19(26)7-6-17-21(27)20(28-22(17)18)14-16-4-2-1-3-5-16/h1-7,14,25-26H,8-13,15H2/b20-14-. The van der Waals surface area contributed by atoms with E-state index in [0.29, 0.717) is 30.0 Å². The van der Waals surface area contributed by atoms with Gasteiger partial charge in [0.1, 0.15) is 12.3 Å². The van der Waals surface area contributed by atoms with Crippen LogP contribution >= 0.6 is 0 Å².